The molecule has 0 unspecified atom stereocenters. The highest BCUT2D eigenvalue weighted by molar-refractivity contribution is 6.04. The first-order valence-corrected chi connectivity index (χ1v) is 7.87. The number of pyridine rings is 1. The molecule has 0 atom stereocenters. The second-order valence-corrected chi connectivity index (χ2v) is 5.33. The molecule has 4 heteroatoms. The van der Waals surface area contributed by atoms with Gasteiger partial charge in [-0.2, -0.15) is 0 Å². The van der Waals surface area contributed by atoms with Crippen LogP contribution in [0.2, 0.25) is 0 Å². The molecule has 25 heavy (non-hydrogen) atoms. The third kappa shape index (κ3) is 4.46. The Kier molecular flexibility index (Phi) is 5.08. The predicted molar refractivity (Wildman–Crippen MR) is 103 cm³/mol. The van der Waals surface area contributed by atoms with Gasteiger partial charge in [-0.05, 0) is 60.5 Å². The zero-order valence-corrected chi connectivity index (χ0v) is 13.8. The summed E-state index contributed by atoms with van der Waals surface area (Å²) in [5.41, 5.74) is 3.79. The average Bonchev–Trinajstić information content (AvgIpc) is 2.67. The van der Waals surface area contributed by atoms with Crippen molar-refractivity contribution in [3.8, 4) is 11.8 Å². The van der Waals surface area contributed by atoms with Crippen molar-refractivity contribution in [1.82, 2.24) is 4.98 Å². The van der Waals surface area contributed by atoms with E-state index in [9.17, 15) is 4.79 Å². The molecule has 4 nitrogen and oxygen atoms in total. The fraction of sp³-hybridized carbons (Fsp3) is 0.0476. The number of carbonyl (C=O) groups excluding carboxylic acids is 1. The average molecular weight is 329 g/mol. The summed E-state index contributed by atoms with van der Waals surface area (Å²) < 4.78 is 0. The largest absolute Gasteiger partial charge is 0.388 e. The molecule has 124 valence electrons. The number of aromatic nitrogens is 1. The molecule has 0 aliphatic rings. The summed E-state index contributed by atoms with van der Waals surface area (Å²) in [4.78, 5) is 16.5. The number of hydrogen-bond donors (Lipinski definition) is 2. The summed E-state index contributed by atoms with van der Waals surface area (Å²) in [5, 5.41) is 5.92. The molecule has 1 heterocycles. The van der Waals surface area contributed by atoms with Gasteiger partial charge < -0.3 is 10.6 Å². The Bertz CT molecular complexity index is 929. The van der Waals surface area contributed by atoms with Crippen molar-refractivity contribution in [3.63, 3.8) is 0 Å². The molecule has 1 amide bonds. The van der Waals surface area contributed by atoms with Crippen LogP contribution in [0.3, 0.4) is 0 Å². The highest BCUT2D eigenvalue weighted by Gasteiger charge is 2.06. The van der Waals surface area contributed by atoms with Gasteiger partial charge in [0.25, 0.3) is 5.91 Å². The van der Waals surface area contributed by atoms with Crippen molar-refractivity contribution in [3.05, 3.63) is 89.7 Å². The number of nitrogens with one attached hydrogen (secondary N) is 2. The third-order valence-corrected chi connectivity index (χ3v) is 3.56. The Labute approximate surface area is 148 Å². The van der Waals surface area contributed by atoms with Crippen LogP contribution < -0.4 is 10.6 Å². The molecule has 0 spiro atoms. The number of hydrogen-bond acceptors (Lipinski definition) is 3. The Hall–Kier alpha value is -3.58. The number of benzene rings is 2. The van der Waals surface area contributed by atoms with Crippen LogP contribution >= 0.6 is 0 Å². The van der Waals surface area contributed by atoms with Gasteiger partial charge in [0.1, 0.15) is 5.69 Å². The van der Waals surface area contributed by atoms with Crippen molar-refractivity contribution < 1.29 is 6.22 Å². The van der Waals surface area contributed by atoms with Gasteiger partial charge in [-0.15, -0.1) is 0 Å². The summed E-state index contributed by atoms with van der Waals surface area (Å²) in [6.07, 6.45) is 1.71. The summed E-state index contributed by atoms with van der Waals surface area (Å²) in [6.45, 7) is 0. The lowest BCUT2D eigenvalue weighted by Gasteiger charge is -2.06. The molecule has 2 N–H and O–H groups in total. The fourth-order valence-electron chi connectivity index (χ4n) is 2.24. The minimum absolute atomic E-state index is 0. The first-order valence-electron chi connectivity index (χ1n) is 7.87. The molecular weight excluding hydrogens is 310 g/mol. The van der Waals surface area contributed by atoms with E-state index in [1.807, 2.05) is 61.6 Å². The molecule has 0 saturated heterocycles. The van der Waals surface area contributed by atoms with E-state index in [1.54, 1.807) is 18.3 Å². The third-order valence-electron chi connectivity index (χ3n) is 3.56. The van der Waals surface area contributed by atoms with Crippen LogP contribution in [0.25, 0.3) is 0 Å². The normalized spacial score (nSPS) is 9.64. The minimum Gasteiger partial charge on any atom is -0.388 e. The summed E-state index contributed by atoms with van der Waals surface area (Å²) in [7, 11) is 1.84. The second kappa shape index (κ2) is 7.80. The van der Waals surface area contributed by atoms with Crippen LogP contribution in [0.5, 0.6) is 0 Å². The van der Waals surface area contributed by atoms with Crippen molar-refractivity contribution in [2.24, 2.45) is 0 Å². The second-order valence-electron chi connectivity index (χ2n) is 5.33. The molecule has 0 bridgehead atoms. The van der Waals surface area contributed by atoms with Crippen molar-refractivity contribution in [2.45, 2.75) is 0 Å². The van der Waals surface area contributed by atoms with Gasteiger partial charge in [-0.3, -0.25) is 4.79 Å². The molecule has 3 rings (SSSR count). The number of anilines is 2. The van der Waals surface area contributed by atoms with E-state index in [0.29, 0.717) is 16.9 Å². The molecule has 0 radical (unpaired) electrons. The van der Waals surface area contributed by atoms with Crippen LogP contribution in [0, 0.1) is 11.8 Å². The number of carbonyl (C=O) groups is 1. The molecular formula is C21H19N3O. The van der Waals surface area contributed by atoms with E-state index < -0.39 is 0 Å². The SMILES string of the molecule is CNc1ccc(C(=O)Nc2cccc(C#Cc3ccccn3)c2)cc1.[HH]. The molecule has 3 aromatic rings. The maximum absolute atomic E-state index is 12.3. The van der Waals surface area contributed by atoms with Gasteiger partial charge >= 0.3 is 0 Å². The molecule has 0 aliphatic heterocycles. The van der Waals surface area contributed by atoms with E-state index in [1.165, 1.54) is 0 Å². The van der Waals surface area contributed by atoms with Gasteiger partial charge in [0.15, 0.2) is 0 Å². The van der Waals surface area contributed by atoms with Crippen LogP contribution in [0.1, 0.15) is 23.0 Å². The van der Waals surface area contributed by atoms with Crippen molar-refractivity contribution in [1.29, 1.82) is 0 Å². The van der Waals surface area contributed by atoms with E-state index in [0.717, 1.165) is 11.3 Å². The first kappa shape index (κ1) is 16.3. The highest BCUT2D eigenvalue weighted by atomic mass is 16.1. The first-order chi connectivity index (χ1) is 12.2. The fourth-order valence-corrected chi connectivity index (χ4v) is 2.24. The van der Waals surface area contributed by atoms with Gasteiger partial charge in [-0.25, -0.2) is 4.98 Å². The lowest BCUT2D eigenvalue weighted by Crippen LogP contribution is -2.11. The Morgan fingerprint density at radius 2 is 1.80 bits per heavy atom. The van der Waals surface area contributed by atoms with Gasteiger partial charge in [0.05, 0.1) is 0 Å². The maximum Gasteiger partial charge on any atom is 0.255 e. The highest BCUT2D eigenvalue weighted by Crippen LogP contribution is 2.13. The van der Waals surface area contributed by atoms with Gasteiger partial charge in [-0.1, -0.05) is 18.1 Å². The summed E-state index contributed by atoms with van der Waals surface area (Å²) in [5.74, 6) is 5.91. The topological polar surface area (TPSA) is 54.0 Å². The van der Waals surface area contributed by atoms with E-state index in [4.69, 9.17) is 0 Å². The summed E-state index contributed by atoms with van der Waals surface area (Å²) >= 11 is 0. The lowest BCUT2D eigenvalue weighted by atomic mass is 10.1. The van der Waals surface area contributed by atoms with Gasteiger partial charge in [0.2, 0.25) is 0 Å². The van der Waals surface area contributed by atoms with E-state index >= 15 is 0 Å². The van der Waals surface area contributed by atoms with Crippen LogP contribution in [0.4, 0.5) is 11.4 Å². The Balaban J connectivity index is 0.00000243. The zero-order valence-electron chi connectivity index (χ0n) is 13.8. The molecule has 0 fully saturated rings. The smallest absolute Gasteiger partial charge is 0.255 e. The number of nitrogens with zero attached hydrogens (tertiary/aromatic N) is 1. The monoisotopic (exact) mass is 329 g/mol. The maximum atomic E-state index is 12.3. The summed E-state index contributed by atoms with van der Waals surface area (Å²) in [6, 6.07) is 20.3. The molecule has 2 aromatic carbocycles. The minimum atomic E-state index is -0.155. The standard InChI is InChI=1S/C21H17N3O.H2/c1-22-18-12-9-17(10-13-18)21(25)24-20-7-4-5-16(15-20)8-11-19-6-2-3-14-23-19;/h2-7,9-10,12-15,22H,1H3,(H,24,25);1H. The van der Waals surface area contributed by atoms with Gasteiger partial charge in [0, 0.05) is 37.2 Å². The zero-order chi connectivity index (χ0) is 17.5. The predicted octanol–water partition coefficient (Wildman–Crippen LogP) is 4.02. The van der Waals surface area contributed by atoms with E-state index in [-0.39, 0.29) is 7.33 Å². The van der Waals surface area contributed by atoms with E-state index in [2.05, 4.69) is 27.5 Å². The Morgan fingerprint density at radius 1 is 0.960 bits per heavy atom. The molecule has 1 aromatic heterocycles. The molecule has 0 aliphatic carbocycles. The quantitative estimate of drug-likeness (QED) is 0.714. The van der Waals surface area contributed by atoms with Crippen molar-refractivity contribution >= 4 is 17.3 Å². The van der Waals surface area contributed by atoms with Crippen LogP contribution in [-0.2, 0) is 0 Å². The number of rotatable bonds is 3. The van der Waals surface area contributed by atoms with Crippen LogP contribution in [-0.4, -0.2) is 17.9 Å². The number of amides is 1. The molecule has 0 saturated carbocycles. The van der Waals surface area contributed by atoms with Crippen LogP contribution in [0.15, 0.2) is 72.9 Å². The lowest BCUT2D eigenvalue weighted by molar-refractivity contribution is 0.102. The Morgan fingerprint density at radius 3 is 2.52 bits per heavy atom. The van der Waals surface area contributed by atoms with Crippen molar-refractivity contribution in [2.75, 3.05) is 17.7 Å².